The van der Waals surface area contributed by atoms with Crippen LogP contribution in [-0.2, 0) is 25.5 Å². The molecule has 28 heavy (non-hydrogen) atoms. The van der Waals surface area contributed by atoms with Crippen LogP contribution < -0.4 is 0 Å². The second-order valence-corrected chi connectivity index (χ2v) is 7.26. The summed E-state index contributed by atoms with van der Waals surface area (Å²) in [5.74, 6) is 4.64. The summed E-state index contributed by atoms with van der Waals surface area (Å²) in [6, 6.07) is 9.44. The lowest BCUT2D eigenvalue weighted by Crippen LogP contribution is -2.54. The molecule has 1 aromatic rings. The van der Waals surface area contributed by atoms with E-state index < -0.39 is 29.9 Å². The van der Waals surface area contributed by atoms with Crippen molar-refractivity contribution in [2.75, 3.05) is 5.88 Å². The van der Waals surface area contributed by atoms with Crippen LogP contribution in [0, 0.1) is 11.8 Å². The number of hydrogen-bond donors (Lipinski definition) is 0. The van der Waals surface area contributed by atoms with Crippen molar-refractivity contribution in [1.29, 1.82) is 0 Å². The van der Waals surface area contributed by atoms with Crippen LogP contribution in [0.25, 0.3) is 0 Å². The highest BCUT2D eigenvalue weighted by atomic mass is 35.5. The number of rotatable bonds is 5. The highest BCUT2D eigenvalue weighted by Crippen LogP contribution is 2.34. The first-order valence-corrected chi connectivity index (χ1v) is 9.82. The standard InChI is InChI=1S/C21H22ClNO5/c1-21(12-8-3-2-5-9-15-10-6-4-7-11-15)17(24)13-16-19(28-21)27-20(26)23(16)18(25)14-22/h4,6-7,10-11,16,19H,2-3,5,9,13-14H2,1H3/t16-,19+,21+/m1/s1. The van der Waals surface area contributed by atoms with E-state index >= 15 is 0 Å². The summed E-state index contributed by atoms with van der Waals surface area (Å²) < 4.78 is 10.8. The first-order chi connectivity index (χ1) is 13.4. The van der Waals surface area contributed by atoms with E-state index in [-0.39, 0.29) is 18.1 Å². The van der Waals surface area contributed by atoms with E-state index in [0.29, 0.717) is 6.42 Å². The Morgan fingerprint density at radius 3 is 2.75 bits per heavy atom. The molecule has 0 saturated carbocycles. The van der Waals surface area contributed by atoms with Gasteiger partial charge < -0.3 is 9.47 Å². The molecule has 2 heterocycles. The molecule has 3 atom stereocenters. The molecule has 2 saturated heterocycles. The minimum Gasteiger partial charge on any atom is -0.417 e. The van der Waals surface area contributed by atoms with Crippen molar-refractivity contribution in [1.82, 2.24) is 4.90 Å². The average molecular weight is 404 g/mol. The van der Waals surface area contributed by atoms with Crippen molar-refractivity contribution >= 4 is 29.4 Å². The molecule has 6 nitrogen and oxygen atoms in total. The van der Waals surface area contributed by atoms with Gasteiger partial charge in [0.1, 0.15) is 11.9 Å². The van der Waals surface area contributed by atoms with Crippen molar-refractivity contribution < 1.29 is 23.9 Å². The summed E-state index contributed by atoms with van der Waals surface area (Å²) in [6.07, 6.45) is 1.63. The van der Waals surface area contributed by atoms with Gasteiger partial charge in [-0.1, -0.05) is 42.2 Å². The van der Waals surface area contributed by atoms with Gasteiger partial charge in [-0.25, -0.2) is 9.69 Å². The summed E-state index contributed by atoms with van der Waals surface area (Å²) in [5.41, 5.74) is -0.0562. The first kappa shape index (κ1) is 20.4. The Morgan fingerprint density at radius 1 is 1.29 bits per heavy atom. The number of halogens is 1. The van der Waals surface area contributed by atoms with Gasteiger partial charge in [-0.15, -0.1) is 11.6 Å². The molecular formula is C21H22ClNO5. The topological polar surface area (TPSA) is 72.9 Å². The van der Waals surface area contributed by atoms with Gasteiger partial charge in [-0.2, -0.15) is 0 Å². The lowest BCUT2D eigenvalue weighted by atomic mass is 9.91. The predicted octanol–water partition coefficient (Wildman–Crippen LogP) is 3.06. The van der Waals surface area contributed by atoms with Gasteiger partial charge in [0.25, 0.3) is 0 Å². The zero-order chi connectivity index (χ0) is 20.1. The number of Topliss-reactive ketones (excluding diaryl/α,β-unsaturated/α-hetero) is 1. The maximum absolute atomic E-state index is 12.6. The van der Waals surface area contributed by atoms with Crippen molar-refractivity contribution in [2.45, 2.75) is 57.0 Å². The van der Waals surface area contributed by atoms with Gasteiger partial charge in [0.05, 0.1) is 0 Å². The van der Waals surface area contributed by atoms with Crippen LogP contribution in [0.4, 0.5) is 4.79 Å². The Bertz CT molecular complexity index is 815. The molecule has 0 unspecified atom stereocenters. The van der Waals surface area contributed by atoms with E-state index in [4.69, 9.17) is 21.1 Å². The Labute approximate surface area is 169 Å². The van der Waals surface area contributed by atoms with E-state index in [1.807, 2.05) is 18.2 Å². The number of hydrogen-bond acceptors (Lipinski definition) is 5. The minimum absolute atomic E-state index is 0.0573. The third-order valence-electron chi connectivity index (χ3n) is 4.91. The predicted molar refractivity (Wildman–Crippen MR) is 103 cm³/mol. The largest absolute Gasteiger partial charge is 0.419 e. The monoisotopic (exact) mass is 403 g/mol. The molecule has 3 rings (SSSR count). The highest BCUT2D eigenvalue weighted by molar-refractivity contribution is 6.28. The van der Waals surface area contributed by atoms with Crippen molar-refractivity contribution in [3.05, 3.63) is 35.9 Å². The van der Waals surface area contributed by atoms with Crippen LogP contribution in [0.2, 0.25) is 0 Å². The number of ketones is 1. The quantitative estimate of drug-likeness (QED) is 0.429. The summed E-state index contributed by atoms with van der Waals surface area (Å²) in [5, 5.41) is 0. The normalized spacial score (nSPS) is 26.3. The molecule has 0 aliphatic carbocycles. The zero-order valence-electron chi connectivity index (χ0n) is 15.7. The fraction of sp³-hybridized carbons (Fsp3) is 0.476. The van der Waals surface area contributed by atoms with Crippen LogP contribution in [0.5, 0.6) is 0 Å². The number of nitrogens with zero attached hydrogens (tertiary/aromatic N) is 1. The minimum atomic E-state index is -1.35. The zero-order valence-corrected chi connectivity index (χ0v) is 16.4. The second-order valence-electron chi connectivity index (χ2n) is 6.99. The van der Waals surface area contributed by atoms with Gasteiger partial charge >= 0.3 is 6.09 Å². The number of aryl methyl sites for hydroxylation is 1. The lowest BCUT2D eigenvalue weighted by molar-refractivity contribution is -0.187. The molecule has 2 fully saturated rings. The SMILES string of the molecule is C[C@@]1(C#CCCCCc2ccccc2)O[C@@H]2OC(=O)N(C(=O)CCl)[C@@H]2CC1=O. The highest BCUT2D eigenvalue weighted by Gasteiger charge is 2.55. The summed E-state index contributed by atoms with van der Waals surface area (Å²) in [6.45, 7) is 1.57. The Balaban J connectivity index is 1.54. The number of carbonyl (C=O) groups is 3. The molecule has 0 spiro atoms. The second kappa shape index (κ2) is 8.76. The lowest BCUT2D eigenvalue weighted by Gasteiger charge is -2.34. The number of unbranched alkanes of at least 4 members (excludes halogenated alkanes) is 2. The number of fused-ring (bicyclic) bond motifs is 1. The summed E-state index contributed by atoms with van der Waals surface area (Å²) >= 11 is 5.52. The maximum Gasteiger partial charge on any atom is 0.419 e. The molecule has 0 aromatic heterocycles. The van der Waals surface area contributed by atoms with Crippen molar-refractivity contribution in [2.24, 2.45) is 0 Å². The van der Waals surface area contributed by atoms with E-state index in [0.717, 1.165) is 24.2 Å². The van der Waals surface area contributed by atoms with Crippen molar-refractivity contribution in [3.8, 4) is 11.8 Å². The number of ether oxygens (including phenoxy) is 2. The fourth-order valence-corrected chi connectivity index (χ4v) is 3.46. The molecule has 2 amide bonds. The molecule has 0 radical (unpaired) electrons. The number of benzene rings is 1. The first-order valence-electron chi connectivity index (χ1n) is 9.28. The van der Waals surface area contributed by atoms with Gasteiger partial charge in [0.15, 0.2) is 11.4 Å². The molecule has 148 valence electrons. The maximum atomic E-state index is 12.6. The third kappa shape index (κ3) is 4.37. The van der Waals surface area contributed by atoms with Gasteiger partial charge in [-0.3, -0.25) is 9.59 Å². The smallest absolute Gasteiger partial charge is 0.417 e. The number of carbonyl (C=O) groups excluding carboxylic acids is 3. The van der Waals surface area contributed by atoms with E-state index in [9.17, 15) is 14.4 Å². The van der Waals surface area contributed by atoms with E-state index in [1.54, 1.807) is 6.92 Å². The van der Waals surface area contributed by atoms with Crippen molar-refractivity contribution in [3.63, 3.8) is 0 Å². The van der Waals surface area contributed by atoms with Gasteiger partial charge in [0, 0.05) is 12.8 Å². The average Bonchev–Trinajstić information content (AvgIpc) is 2.99. The molecule has 2 aliphatic rings. The van der Waals surface area contributed by atoms with Crippen LogP contribution in [0.1, 0.15) is 38.2 Å². The third-order valence-corrected chi connectivity index (χ3v) is 5.14. The number of amides is 2. The molecule has 7 heteroatoms. The Hall–Kier alpha value is -2.36. The van der Waals surface area contributed by atoms with Crippen LogP contribution in [0.3, 0.4) is 0 Å². The van der Waals surface area contributed by atoms with E-state index in [2.05, 4.69) is 24.0 Å². The van der Waals surface area contributed by atoms with Crippen LogP contribution >= 0.6 is 11.6 Å². The fourth-order valence-electron chi connectivity index (χ4n) is 3.33. The Kier molecular flexibility index (Phi) is 6.38. The van der Waals surface area contributed by atoms with Gasteiger partial charge in [-0.05, 0) is 31.7 Å². The van der Waals surface area contributed by atoms with Gasteiger partial charge in [0.2, 0.25) is 12.2 Å². The molecule has 0 bridgehead atoms. The molecule has 2 aliphatic heterocycles. The molecular weight excluding hydrogens is 382 g/mol. The number of imide groups is 1. The molecule has 0 N–H and O–H groups in total. The number of alkyl halides is 1. The van der Waals surface area contributed by atoms with E-state index in [1.165, 1.54) is 5.56 Å². The Morgan fingerprint density at radius 2 is 2.04 bits per heavy atom. The van der Waals surface area contributed by atoms with Crippen LogP contribution in [-0.4, -0.2) is 46.5 Å². The van der Waals surface area contributed by atoms with Crippen LogP contribution in [0.15, 0.2) is 30.3 Å². The summed E-state index contributed by atoms with van der Waals surface area (Å²) in [4.78, 5) is 37.2. The summed E-state index contributed by atoms with van der Waals surface area (Å²) in [7, 11) is 0. The molecule has 1 aromatic carbocycles.